The minimum atomic E-state index is -0.581. The van der Waals surface area contributed by atoms with Crippen LogP contribution in [-0.2, 0) is 4.74 Å². The predicted octanol–water partition coefficient (Wildman–Crippen LogP) is 2.93. The monoisotopic (exact) mass is 333 g/mol. The largest absolute Gasteiger partial charge is 0.491 e. The van der Waals surface area contributed by atoms with Crippen molar-refractivity contribution in [2.24, 2.45) is 0 Å². The van der Waals surface area contributed by atoms with Crippen molar-refractivity contribution < 1.29 is 19.0 Å². The molecule has 130 valence electrons. The zero-order chi connectivity index (χ0) is 17.2. The van der Waals surface area contributed by atoms with Crippen molar-refractivity contribution in [3.05, 3.63) is 66.0 Å². The number of aliphatic hydroxyl groups is 1. The Morgan fingerprint density at radius 2 is 1.75 bits per heavy atom. The van der Waals surface area contributed by atoms with Gasteiger partial charge in [0, 0.05) is 12.6 Å². The Morgan fingerprint density at radius 3 is 2.46 bits per heavy atom. The van der Waals surface area contributed by atoms with Crippen molar-refractivity contribution in [1.82, 2.24) is 5.32 Å². The van der Waals surface area contributed by atoms with Gasteiger partial charge in [-0.15, -0.1) is 0 Å². The van der Waals surface area contributed by atoms with Gasteiger partial charge in [0.15, 0.2) is 0 Å². The first-order valence-electron chi connectivity index (χ1n) is 8.07. The van der Waals surface area contributed by atoms with E-state index in [4.69, 9.17) is 9.47 Å². The topological polar surface area (TPSA) is 50.7 Å². The molecule has 0 amide bonds. The normalized spacial score (nSPS) is 13.5. The molecular formula is C19H24FNO3. The molecule has 0 aliphatic heterocycles. The Labute approximate surface area is 142 Å². The van der Waals surface area contributed by atoms with Crippen LogP contribution in [-0.4, -0.2) is 37.6 Å². The molecule has 24 heavy (non-hydrogen) atoms. The molecule has 2 atom stereocenters. The smallest absolute Gasteiger partial charge is 0.123 e. The van der Waals surface area contributed by atoms with E-state index in [0.717, 1.165) is 0 Å². The van der Waals surface area contributed by atoms with E-state index in [1.165, 1.54) is 17.7 Å². The van der Waals surface area contributed by atoms with E-state index in [1.54, 1.807) is 12.1 Å². The minimum Gasteiger partial charge on any atom is -0.491 e. The highest BCUT2D eigenvalue weighted by molar-refractivity contribution is 5.22. The first-order chi connectivity index (χ1) is 11.6. The number of ether oxygens (including phenoxy) is 2. The average Bonchev–Trinajstić information content (AvgIpc) is 2.61. The highest BCUT2D eigenvalue weighted by atomic mass is 19.1. The molecule has 0 aromatic heterocycles. The predicted molar refractivity (Wildman–Crippen MR) is 91.6 cm³/mol. The average molecular weight is 333 g/mol. The van der Waals surface area contributed by atoms with Gasteiger partial charge in [-0.2, -0.15) is 0 Å². The van der Waals surface area contributed by atoms with Gasteiger partial charge < -0.3 is 19.9 Å². The molecule has 2 aromatic carbocycles. The fraction of sp³-hybridized carbons (Fsp3) is 0.368. The van der Waals surface area contributed by atoms with E-state index < -0.39 is 6.10 Å². The molecule has 2 aromatic rings. The van der Waals surface area contributed by atoms with Crippen LogP contribution in [0.2, 0.25) is 0 Å². The fourth-order valence-electron chi connectivity index (χ4n) is 2.20. The third-order valence-electron chi connectivity index (χ3n) is 3.58. The summed E-state index contributed by atoms with van der Waals surface area (Å²) < 4.78 is 23.5. The number of hydrogen-bond donors (Lipinski definition) is 2. The first-order valence-corrected chi connectivity index (χ1v) is 8.07. The Hall–Kier alpha value is -1.95. The van der Waals surface area contributed by atoms with Crippen molar-refractivity contribution in [3.8, 4) is 5.75 Å². The summed E-state index contributed by atoms with van der Waals surface area (Å²) in [6, 6.07) is 16.1. The van der Waals surface area contributed by atoms with E-state index in [1.807, 2.05) is 30.3 Å². The second-order valence-electron chi connectivity index (χ2n) is 5.57. The number of rotatable bonds is 10. The lowest BCUT2D eigenvalue weighted by Crippen LogP contribution is -2.32. The molecule has 0 heterocycles. The summed E-state index contributed by atoms with van der Waals surface area (Å²) in [5, 5.41) is 13.2. The summed E-state index contributed by atoms with van der Waals surface area (Å²) in [5.41, 5.74) is 1.18. The highest BCUT2D eigenvalue weighted by Crippen LogP contribution is 2.11. The maximum absolute atomic E-state index is 12.7. The molecule has 0 radical (unpaired) electrons. The van der Waals surface area contributed by atoms with Crippen LogP contribution in [0.15, 0.2) is 54.6 Å². The third kappa shape index (κ3) is 6.66. The summed E-state index contributed by atoms with van der Waals surface area (Å²) in [4.78, 5) is 0. The lowest BCUT2D eigenvalue weighted by atomic mass is 10.1. The van der Waals surface area contributed by atoms with Crippen molar-refractivity contribution >= 4 is 0 Å². The maximum atomic E-state index is 12.7. The second-order valence-corrected chi connectivity index (χ2v) is 5.57. The Bertz CT molecular complexity index is 577. The SMILES string of the molecule is C[C@@H](NC[C@@H](O)COCCOc1ccc(F)cc1)c1ccccc1. The standard InChI is InChI=1S/C19H24FNO3/c1-15(16-5-3-2-4-6-16)21-13-18(22)14-23-11-12-24-19-9-7-17(20)8-10-19/h2-10,15,18,21-22H,11-14H2,1H3/t15-,18-/m1/s1. The number of hydrogen-bond acceptors (Lipinski definition) is 4. The van der Waals surface area contributed by atoms with Crippen LogP contribution in [0.3, 0.4) is 0 Å². The van der Waals surface area contributed by atoms with Crippen molar-refractivity contribution in [2.45, 2.75) is 19.1 Å². The van der Waals surface area contributed by atoms with Crippen molar-refractivity contribution in [1.29, 1.82) is 0 Å². The van der Waals surface area contributed by atoms with Gasteiger partial charge in [0.2, 0.25) is 0 Å². The Morgan fingerprint density at radius 1 is 1.04 bits per heavy atom. The summed E-state index contributed by atoms with van der Waals surface area (Å²) >= 11 is 0. The van der Waals surface area contributed by atoms with E-state index in [-0.39, 0.29) is 18.5 Å². The van der Waals surface area contributed by atoms with Crippen LogP contribution in [0.4, 0.5) is 4.39 Å². The van der Waals surface area contributed by atoms with Crippen LogP contribution < -0.4 is 10.1 Å². The molecule has 4 nitrogen and oxygen atoms in total. The first kappa shape index (κ1) is 18.4. The van der Waals surface area contributed by atoms with Crippen LogP contribution in [0.25, 0.3) is 0 Å². The second kappa shape index (κ2) is 10.0. The summed E-state index contributed by atoms with van der Waals surface area (Å²) in [5.74, 6) is 0.304. The van der Waals surface area contributed by atoms with E-state index in [0.29, 0.717) is 25.5 Å². The molecule has 0 saturated heterocycles. The molecule has 0 bridgehead atoms. The van der Waals surface area contributed by atoms with Gasteiger partial charge in [0.1, 0.15) is 18.2 Å². The van der Waals surface area contributed by atoms with Crippen LogP contribution in [0, 0.1) is 5.82 Å². The molecular weight excluding hydrogens is 309 g/mol. The van der Waals surface area contributed by atoms with Gasteiger partial charge in [-0.25, -0.2) is 4.39 Å². The number of benzene rings is 2. The highest BCUT2D eigenvalue weighted by Gasteiger charge is 2.08. The van der Waals surface area contributed by atoms with E-state index in [9.17, 15) is 9.50 Å². The molecule has 0 spiro atoms. The quantitative estimate of drug-likeness (QED) is 0.657. The lowest BCUT2D eigenvalue weighted by molar-refractivity contribution is 0.0242. The van der Waals surface area contributed by atoms with Gasteiger partial charge in [-0.1, -0.05) is 30.3 Å². The third-order valence-corrected chi connectivity index (χ3v) is 3.58. The van der Waals surface area contributed by atoms with Crippen LogP contribution in [0.5, 0.6) is 5.75 Å². The van der Waals surface area contributed by atoms with Gasteiger partial charge in [-0.3, -0.25) is 0 Å². The van der Waals surface area contributed by atoms with Gasteiger partial charge in [0.05, 0.1) is 19.3 Å². The number of nitrogens with one attached hydrogen (secondary N) is 1. The summed E-state index contributed by atoms with van der Waals surface area (Å²) in [6.07, 6.45) is -0.581. The van der Waals surface area contributed by atoms with Crippen LogP contribution >= 0.6 is 0 Å². The Kier molecular flexibility index (Phi) is 7.68. The van der Waals surface area contributed by atoms with Crippen molar-refractivity contribution in [3.63, 3.8) is 0 Å². The zero-order valence-corrected chi connectivity index (χ0v) is 13.8. The van der Waals surface area contributed by atoms with E-state index >= 15 is 0 Å². The molecule has 0 fully saturated rings. The molecule has 5 heteroatoms. The fourth-order valence-corrected chi connectivity index (χ4v) is 2.20. The van der Waals surface area contributed by atoms with Crippen LogP contribution in [0.1, 0.15) is 18.5 Å². The molecule has 2 rings (SSSR count). The van der Waals surface area contributed by atoms with Gasteiger partial charge in [-0.05, 0) is 36.8 Å². The lowest BCUT2D eigenvalue weighted by Gasteiger charge is -2.17. The molecule has 0 aliphatic carbocycles. The summed E-state index contributed by atoms with van der Waals surface area (Å²) in [7, 11) is 0. The van der Waals surface area contributed by atoms with Gasteiger partial charge in [0.25, 0.3) is 0 Å². The zero-order valence-electron chi connectivity index (χ0n) is 13.8. The number of aliphatic hydroxyl groups excluding tert-OH is 1. The maximum Gasteiger partial charge on any atom is 0.123 e. The van der Waals surface area contributed by atoms with E-state index in [2.05, 4.69) is 12.2 Å². The molecule has 0 unspecified atom stereocenters. The number of halogens is 1. The molecule has 0 aliphatic rings. The Balaban J connectivity index is 1.55. The van der Waals surface area contributed by atoms with Crippen molar-refractivity contribution in [2.75, 3.05) is 26.4 Å². The summed E-state index contributed by atoms with van der Waals surface area (Å²) in [6.45, 7) is 3.46. The molecule has 2 N–H and O–H groups in total. The van der Waals surface area contributed by atoms with Gasteiger partial charge >= 0.3 is 0 Å². The molecule has 0 saturated carbocycles. The minimum absolute atomic E-state index is 0.169.